The Morgan fingerprint density at radius 2 is 0.712 bits per heavy atom. The van der Waals surface area contributed by atoms with Crippen LogP contribution in [0.5, 0.6) is 0 Å². The molecule has 6 nitrogen and oxygen atoms in total. The molecule has 3 N–H and O–H groups in total. The largest absolute Gasteiger partial charge is 0.466 e. The summed E-state index contributed by atoms with van der Waals surface area (Å²) >= 11 is 0. The van der Waals surface area contributed by atoms with Gasteiger partial charge in [0.15, 0.2) is 0 Å². The molecule has 0 aliphatic carbocycles. The van der Waals surface area contributed by atoms with Gasteiger partial charge in [-0.3, -0.25) is 9.59 Å². The van der Waals surface area contributed by atoms with Crippen molar-refractivity contribution < 1.29 is 24.5 Å². The summed E-state index contributed by atoms with van der Waals surface area (Å²) in [5.74, 6) is -0.0406. The van der Waals surface area contributed by atoms with Crippen molar-refractivity contribution in [2.45, 2.75) is 334 Å². The quantitative estimate of drug-likeness (QED) is 0.0321. The van der Waals surface area contributed by atoms with E-state index in [1.54, 1.807) is 0 Å². The van der Waals surface area contributed by atoms with E-state index in [0.717, 1.165) is 44.9 Å². The van der Waals surface area contributed by atoms with Gasteiger partial charge in [0.1, 0.15) is 0 Å². The molecular formula is C60H115NO5. The fraction of sp³-hybridized carbons (Fsp3) is 0.900. The highest BCUT2D eigenvalue weighted by Crippen LogP contribution is 2.17. The lowest BCUT2D eigenvalue weighted by Gasteiger charge is -2.22. The zero-order valence-corrected chi connectivity index (χ0v) is 44.4. The summed E-state index contributed by atoms with van der Waals surface area (Å²) in [6, 6.07) is -0.546. The van der Waals surface area contributed by atoms with Crippen LogP contribution in [0.15, 0.2) is 24.3 Å². The molecule has 0 saturated heterocycles. The van der Waals surface area contributed by atoms with Crippen molar-refractivity contribution in [2.75, 3.05) is 13.2 Å². The van der Waals surface area contributed by atoms with Crippen molar-refractivity contribution in [3.63, 3.8) is 0 Å². The predicted octanol–water partition coefficient (Wildman–Crippen LogP) is 18.2. The summed E-state index contributed by atoms with van der Waals surface area (Å²) in [7, 11) is 0. The number of ether oxygens (including phenoxy) is 1. The number of hydrogen-bond donors (Lipinski definition) is 3. The second-order valence-electron chi connectivity index (χ2n) is 20.3. The predicted molar refractivity (Wildman–Crippen MR) is 287 cm³/mol. The SMILES string of the molecule is CCCCC/C=C\CCCCCCCC(=O)OCCCCCCCCCCCCC/C=C\CCCCCCCCCC(=O)NC(CO)C(O)CCCCCCCCCCCCCCCCC. The molecule has 0 bridgehead atoms. The normalized spacial score (nSPS) is 12.7. The molecule has 0 aromatic heterocycles. The van der Waals surface area contributed by atoms with Gasteiger partial charge in [0.2, 0.25) is 5.91 Å². The number of nitrogens with one attached hydrogen (secondary N) is 1. The maximum Gasteiger partial charge on any atom is 0.305 e. The van der Waals surface area contributed by atoms with E-state index < -0.39 is 12.1 Å². The Morgan fingerprint density at radius 1 is 0.409 bits per heavy atom. The number of hydrogen-bond acceptors (Lipinski definition) is 5. The average Bonchev–Trinajstić information content (AvgIpc) is 3.32. The number of carbonyl (C=O) groups is 2. The van der Waals surface area contributed by atoms with Gasteiger partial charge in [-0.25, -0.2) is 0 Å². The lowest BCUT2D eigenvalue weighted by Crippen LogP contribution is -2.45. The number of rotatable bonds is 55. The number of aliphatic hydroxyl groups excluding tert-OH is 2. The van der Waals surface area contributed by atoms with Gasteiger partial charge in [0.25, 0.3) is 0 Å². The maximum absolute atomic E-state index is 12.5. The van der Waals surface area contributed by atoms with E-state index in [9.17, 15) is 19.8 Å². The summed E-state index contributed by atoms with van der Waals surface area (Å²) in [5, 5.41) is 23.3. The van der Waals surface area contributed by atoms with Crippen LogP contribution >= 0.6 is 0 Å². The number of allylic oxidation sites excluding steroid dienone is 4. The smallest absolute Gasteiger partial charge is 0.305 e. The number of esters is 1. The number of carbonyl (C=O) groups excluding carboxylic acids is 2. The summed E-state index contributed by atoms with van der Waals surface area (Å²) in [5.41, 5.74) is 0. The first-order valence-corrected chi connectivity index (χ1v) is 29.6. The molecule has 0 rings (SSSR count). The lowest BCUT2D eigenvalue weighted by atomic mass is 10.0. The zero-order chi connectivity index (χ0) is 47.9. The van der Waals surface area contributed by atoms with Crippen LogP contribution in [0.2, 0.25) is 0 Å². The zero-order valence-electron chi connectivity index (χ0n) is 44.4. The van der Waals surface area contributed by atoms with Crippen LogP contribution in [-0.2, 0) is 14.3 Å². The molecule has 2 atom stereocenters. The number of aliphatic hydroxyl groups is 2. The highest BCUT2D eigenvalue weighted by Gasteiger charge is 2.20. The standard InChI is InChI=1S/C60H115NO5/c1-3-5-7-9-11-13-15-17-26-29-32-36-40-44-48-52-58(63)57(56-62)61-59(64)53-49-45-41-37-33-30-27-24-22-20-18-19-21-23-25-28-31-35-39-43-47-51-55-66-60(65)54-50-46-42-38-34-16-14-12-10-8-6-4-2/h12,14,20,22,57-58,62-63H,3-11,13,15-19,21,23-56H2,1-2H3,(H,61,64)/b14-12-,22-20-. The molecular weight excluding hydrogens is 815 g/mol. The Kier molecular flexibility index (Phi) is 54.5. The van der Waals surface area contributed by atoms with Gasteiger partial charge in [-0.1, -0.05) is 256 Å². The molecule has 0 aromatic rings. The van der Waals surface area contributed by atoms with Crippen LogP contribution in [0, 0.1) is 0 Å². The molecule has 0 spiro atoms. The van der Waals surface area contributed by atoms with Crippen LogP contribution in [0.3, 0.4) is 0 Å². The minimum absolute atomic E-state index is 0.00000758. The fourth-order valence-electron chi connectivity index (χ4n) is 9.16. The number of amides is 1. The second-order valence-corrected chi connectivity index (χ2v) is 20.3. The molecule has 0 saturated carbocycles. The van der Waals surface area contributed by atoms with Crippen LogP contribution in [-0.4, -0.2) is 47.4 Å². The Morgan fingerprint density at radius 3 is 1.11 bits per heavy atom. The van der Waals surface area contributed by atoms with Gasteiger partial charge in [0, 0.05) is 12.8 Å². The third-order valence-corrected chi connectivity index (χ3v) is 13.7. The monoisotopic (exact) mass is 930 g/mol. The van der Waals surface area contributed by atoms with Gasteiger partial charge in [-0.05, 0) is 77.0 Å². The third kappa shape index (κ3) is 51.7. The van der Waals surface area contributed by atoms with Crippen molar-refractivity contribution >= 4 is 11.9 Å². The first-order valence-electron chi connectivity index (χ1n) is 29.6. The summed E-state index contributed by atoms with van der Waals surface area (Å²) in [6.07, 6.45) is 67.4. The van der Waals surface area contributed by atoms with Crippen molar-refractivity contribution in [3.8, 4) is 0 Å². The Labute approximate surface area is 411 Å². The topological polar surface area (TPSA) is 95.9 Å². The Hall–Kier alpha value is -1.66. The Balaban J connectivity index is 3.42. The highest BCUT2D eigenvalue weighted by molar-refractivity contribution is 5.76. The molecule has 0 aliphatic heterocycles. The summed E-state index contributed by atoms with van der Waals surface area (Å²) < 4.78 is 5.46. The van der Waals surface area contributed by atoms with Gasteiger partial charge >= 0.3 is 5.97 Å². The van der Waals surface area contributed by atoms with Crippen molar-refractivity contribution in [1.29, 1.82) is 0 Å². The molecule has 390 valence electrons. The lowest BCUT2D eigenvalue weighted by molar-refractivity contribution is -0.143. The van der Waals surface area contributed by atoms with E-state index in [2.05, 4.69) is 43.5 Å². The van der Waals surface area contributed by atoms with E-state index in [1.807, 2.05) is 0 Å². The van der Waals surface area contributed by atoms with Crippen LogP contribution in [0.25, 0.3) is 0 Å². The van der Waals surface area contributed by atoms with Crippen LogP contribution in [0.1, 0.15) is 322 Å². The minimum atomic E-state index is -0.668. The van der Waals surface area contributed by atoms with E-state index in [1.165, 1.54) is 244 Å². The summed E-state index contributed by atoms with van der Waals surface area (Å²) in [4.78, 5) is 24.5. The highest BCUT2D eigenvalue weighted by atomic mass is 16.5. The van der Waals surface area contributed by atoms with E-state index >= 15 is 0 Å². The maximum atomic E-state index is 12.5. The van der Waals surface area contributed by atoms with Crippen LogP contribution < -0.4 is 5.32 Å². The van der Waals surface area contributed by atoms with Gasteiger partial charge in [-0.15, -0.1) is 0 Å². The fourth-order valence-corrected chi connectivity index (χ4v) is 9.16. The van der Waals surface area contributed by atoms with Gasteiger partial charge in [0.05, 0.1) is 25.4 Å². The van der Waals surface area contributed by atoms with E-state index in [0.29, 0.717) is 25.9 Å². The van der Waals surface area contributed by atoms with Crippen molar-refractivity contribution in [2.24, 2.45) is 0 Å². The van der Waals surface area contributed by atoms with E-state index in [-0.39, 0.29) is 18.5 Å². The average molecular weight is 931 g/mol. The van der Waals surface area contributed by atoms with Crippen molar-refractivity contribution in [3.05, 3.63) is 24.3 Å². The molecule has 0 aromatic carbocycles. The first-order chi connectivity index (χ1) is 32.5. The molecule has 6 heteroatoms. The van der Waals surface area contributed by atoms with Gasteiger partial charge in [-0.2, -0.15) is 0 Å². The third-order valence-electron chi connectivity index (χ3n) is 13.7. The molecule has 66 heavy (non-hydrogen) atoms. The molecule has 0 heterocycles. The second kappa shape index (κ2) is 55.9. The minimum Gasteiger partial charge on any atom is -0.466 e. The van der Waals surface area contributed by atoms with Crippen LogP contribution in [0.4, 0.5) is 0 Å². The Bertz CT molecular complexity index is 1030. The molecule has 0 radical (unpaired) electrons. The molecule has 2 unspecified atom stereocenters. The van der Waals surface area contributed by atoms with E-state index in [4.69, 9.17) is 4.74 Å². The molecule has 1 amide bonds. The van der Waals surface area contributed by atoms with Gasteiger partial charge < -0.3 is 20.3 Å². The molecule has 0 fully saturated rings. The molecule has 0 aliphatic rings. The van der Waals surface area contributed by atoms with Crippen molar-refractivity contribution in [1.82, 2.24) is 5.32 Å². The summed E-state index contributed by atoms with van der Waals surface area (Å²) in [6.45, 7) is 4.93. The number of unbranched alkanes of at least 4 members (excludes halogenated alkanes) is 40. The first kappa shape index (κ1) is 64.3.